The second-order valence-electron chi connectivity index (χ2n) is 8.32. The molecule has 1 aromatic carbocycles. The summed E-state index contributed by atoms with van der Waals surface area (Å²) < 4.78 is 39.5. The maximum absolute atomic E-state index is 13.2. The number of urea groups is 1. The normalized spacial score (nSPS) is 23.7. The van der Waals surface area contributed by atoms with Crippen molar-refractivity contribution in [2.75, 3.05) is 13.2 Å². The Hall–Kier alpha value is -2.60. The summed E-state index contributed by atoms with van der Waals surface area (Å²) in [6.07, 6.45) is -1.98. The summed E-state index contributed by atoms with van der Waals surface area (Å²) in [6, 6.07) is 7.50. The fourth-order valence-corrected chi connectivity index (χ4v) is 4.63. The number of imide groups is 1. The van der Waals surface area contributed by atoms with Gasteiger partial charge in [-0.05, 0) is 42.4 Å². The molecule has 162 valence electrons. The van der Waals surface area contributed by atoms with Crippen molar-refractivity contribution in [3.8, 4) is 6.07 Å². The summed E-state index contributed by atoms with van der Waals surface area (Å²) >= 11 is 0. The maximum atomic E-state index is 13.2. The van der Waals surface area contributed by atoms with Crippen LogP contribution >= 0.6 is 0 Å². The topological polar surface area (TPSA) is 76.4 Å². The first-order valence-corrected chi connectivity index (χ1v) is 9.99. The minimum absolute atomic E-state index is 0.0858. The molecule has 9 heteroatoms. The highest BCUT2D eigenvalue weighted by molar-refractivity contribution is 6.07. The van der Waals surface area contributed by atoms with Crippen molar-refractivity contribution in [2.45, 2.75) is 51.4 Å². The lowest BCUT2D eigenvalue weighted by atomic mass is 9.67. The molecular weight excluding hydrogens is 397 g/mol. The molecule has 1 aliphatic heterocycles. The van der Waals surface area contributed by atoms with E-state index >= 15 is 0 Å². The molecule has 0 radical (unpaired) electrons. The van der Waals surface area contributed by atoms with Gasteiger partial charge in [-0.15, -0.1) is 0 Å². The zero-order valence-electron chi connectivity index (χ0n) is 17.0. The van der Waals surface area contributed by atoms with Crippen LogP contribution in [-0.4, -0.2) is 46.7 Å². The van der Waals surface area contributed by atoms with E-state index in [4.69, 9.17) is 5.26 Å². The molecule has 3 amide bonds. The van der Waals surface area contributed by atoms with Gasteiger partial charge in [-0.2, -0.15) is 18.4 Å². The quantitative estimate of drug-likeness (QED) is 0.736. The summed E-state index contributed by atoms with van der Waals surface area (Å²) in [5.41, 5.74) is -0.0925. The Labute approximate surface area is 173 Å². The van der Waals surface area contributed by atoms with Gasteiger partial charge in [0.25, 0.3) is 5.91 Å². The second-order valence-corrected chi connectivity index (χ2v) is 8.32. The molecule has 0 bridgehead atoms. The third-order valence-electron chi connectivity index (χ3n) is 6.22. The molecule has 2 fully saturated rings. The number of nitriles is 1. The van der Waals surface area contributed by atoms with Crippen molar-refractivity contribution < 1.29 is 22.8 Å². The predicted molar refractivity (Wildman–Crippen MR) is 103 cm³/mol. The van der Waals surface area contributed by atoms with Crippen molar-refractivity contribution in [3.05, 3.63) is 35.4 Å². The highest BCUT2D eigenvalue weighted by atomic mass is 19.4. The van der Waals surface area contributed by atoms with Crippen LogP contribution in [0, 0.1) is 23.2 Å². The van der Waals surface area contributed by atoms with Crippen molar-refractivity contribution in [1.82, 2.24) is 15.1 Å². The molecule has 2 aliphatic rings. The molecule has 1 saturated heterocycles. The highest BCUT2D eigenvalue weighted by Crippen LogP contribution is 2.42. The van der Waals surface area contributed by atoms with E-state index in [0.717, 1.165) is 29.1 Å². The standard InChI is InChI=1S/C21H25F3N4O2/c1-14-4-3-5-15(2)21(14)18(29)28(19(30)26-21)13-27(12-20(22,23)24)11-17-8-6-16(10-25)7-9-17/h6-9,14-15H,3-5,11-13H2,1-2H3,(H,26,30)/t14-,15-/m1/s1. The van der Waals surface area contributed by atoms with Crippen LogP contribution in [0.2, 0.25) is 0 Å². The van der Waals surface area contributed by atoms with Crippen molar-refractivity contribution >= 4 is 11.9 Å². The van der Waals surface area contributed by atoms with Gasteiger partial charge in [0.2, 0.25) is 0 Å². The number of hydrogen-bond donors (Lipinski definition) is 1. The molecule has 0 unspecified atom stereocenters. The first-order valence-electron chi connectivity index (χ1n) is 9.99. The molecular formula is C21H25F3N4O2. The maximum Gasteiger partial charge on any atom is 0.401 e. The summed E-state index contributed by atoms with van der Waals surface area (Å²) in [5, 5.41) is 11.7. The van der Waals surface area contributed by atoms with Gasteiger partial charge < -0.3 is 5.32 Å². The first kappa shape index (κ1) is 22.1. The number of carbonyl (C=O) groups excluding carboxylic acids is 2. The molecule has 1 heterocycles. The molecule has 1 aromatic rings. The van der Waals surface area contributed by atoms with E-state index in [1.165, 1.54) is 12.1 Å². The van der Waals surface area contributed by atoms with E-state index in [0.29, 0.717) is 11.1 Å². The van der Waals surface area contributed by atoms with E-state index in [1.807, 2.05) is 19.9 Å². The van der Waals surface area contributed by atoms with Crippen LogP contribution < -0.4 is 5.32 Å². The number of benzene rings is 1. The van der Waals surface area contributed by atoms with Crippen LogP contribution in [0.5, 0.6) is 0 Å². The number of halogens is 3. The van der Waals surface area contributed by atoms with Crippen molar-refractivity contribution in [2.24, 2.45) is 11.8 Å². The fourth-order valence-electron chi connectivity index (χ4n) is 4.63. The predicted octanol–water partition coefficient (Wildman–Crippen LogP) is 3.63. The summed E-state index contributed by atoms with van der Waals surface area (Å²) in [6.45, 7) is 1.98. The Morgan fingerprint density at radius 2 is 1.80 bits per heavy atom. The summed E-state index contributed by atoms with van der Waals surface area (Å²) in [7, 11) is 0. The van der Waals surface area contributed by atoms with Gasteiger partial charge in [-0.1, -0.05) is 32.4 Å². The molecule has 6 nitrogen and oxygen atoms in total. The summed E-state index contributed by atoms with van der Waals surface area (Å²) in [4.78, 5) is 27.8. The van der Waals surface area contributed by atoms with Gasteiger partial charge in [-0.3, -0.25) is 9.69 Å². The van der Waals surface area contributed by atoms with Crippen LogP contribution in [0.15, 0.2) is 24.3 Å². The number of alkyl halides is 3. The number of nitrogens with one attached hydrogen (secondary N) is 1. The van der Waals surface area contributed by atoms with E-state index < -0.39 is 36.9 Å². The minimum atomic E-state index is -4.49. The molecule has 3 rings (SSSR count). The molecule has 30 heavy (non-hydrogen) atoms. The molecule has 1 saturated carbocycles. The zero-order chi connectivity index (χ0) is 22.1. The van der Waals surface area contributed by atoms with Gasteiger partial charge in [0.05, 0.1) is 24.8 Å². The van der Waals surface area contributed by atoms with Gasteiger partial charge in [0.15, 0.2) is 0 Å². The highest BCUT2D eigenvalue weighted by Gasteiger charge is 2.58. The Kier molecular flexibility index (Phi) is 6.09. The van der Waals surface area contributed by atoms with Gasteiger partial charge in [0.1, 0.15) is 5.54 Å². The zero-order valence-corrected chi connectivity index (χ0v) is 17.0. The SMILES string of the molecule is C[C@@H]1CCC[C@@H](C)C12NC(=O)N(CN(Cc1ccc(C#N)cc1)CC(F)(F)F)C2=O. The lowest BCUT2D eigenvalue weighted by Gasteiger charge is -2.42. The second kappa shape index (κ2) is 8.26. The van der Waals surface area contributed by atoms with Crippen LogP contribution in [0.1, 0.15) is 44.2 Å². The van der Waals surface area contributed by atoms with Crippen molar-refractivity contribution in [3.63, 3.8) is 0 Å². The van der Waals surface area contributed by atoms with E-state index in [2.05, 4.69) is 5.32 Å². The van der Waals surface area contributed by atoms with Gasteiger partial charge >= 0.3 is 12.2 Å². The number of nitrogens with zero attached hydrogens (tertiary/aromatic N) is 3. The number of amides is 3. The number of hydrogen-bond acceptors (Lipinski definition) is 4. The third-order valence-corrected chi connectivity index (χ3v) is 6.22. The minimum Gasteiger partial charge on any atom is -0.323 e. The van der Waals surface area contributed by atoms with Crippen LogP contribution in [0.3, 0.4) is 0 Å². The summed E-state index contributed by atoms with van der Waals surface area (Å²) in [5.74, 6) is -0.617. The molecule has 1 spiro atoms. The molecule has 2 atom stereocenters. The van der Waals surface area contributed by atoms with Crippen molar-refractivity contribution in [1.29, 1.82) is 5.26 Å². The van der Waals surface area contributed by atoms with E-state index in [1.54, 1.807) is 12.1 Å². The van der Waals surface area contributed by atoms with Gasteiger partial charge in [0, 0.05) is 6.54 Å². The average molecular weight is 422 g/mol. The molecule has 0 aromatic heterocycles. The smallest absolute Gasteiger partial charge is 0.323 e. The van der Waals surface area contributed by atoms with Gasteiger partial charge in [-0.25, -0.2) is 9.69 Å². The Bertz CT molecular complexity index is 837. The van der Waals surface area contributed by atoms with Crippen LogP contribution in [0.4, 0.5) is 18.0 Å². The lowest BCUT2D eigenvalue weighted by molar-refractivity contribution is -0.155. The third kappa shape index (κ3) is 4.29. The van der Waals surface area contributed by atoms with E-state index in [-0.39, 0.29) is 18.4 Å². The van der Waals surface area contributed by atoms with E-state index in [9.17, 15) is 22.8 Å². The Morgan fingerprint density at radius 1 is 1.20 bits per heavy atom. The molecule has 1 N–H and O–H groups in total. The number of rotatable bonds is 5. The average Bonchev–Trinajstić information content (AvgIpc) is 2.91. The Balaban J connectivity index is 1.82. The monoisotopic (exact) mass is 422 g/mol. The van der Waals surface area contributed by atoms with Crippen LogP contribution in [-0.2, 0) is 11.3 Å². The Morgan fingerprint density at radius 3 is 2.33 bits per heavy atom. The van der Waals surface area contributed by atoms with Crippen LogP contribution in [0.25, 0.3) is 0 Å². The largest absolute Gasteiger partial charge is 0.401 e. The lowest BCUT2D eigenvalue weighted by Crippen LogP contribution is -2.59. The first-order chi connectivity index (χ1) is 14.1. The number of carbonyl (C=O) groups is 2. The fraction of sp³-hybridized carbons (Fsp3) is 0.571. The molecule has 1 aliphatic carbocycles.